The molecule has 4 aromatic heterocycles. The number of Topliss-reactive ketones (excluding diaryl/α,β-unsaturated/α-hetero) is 2. The lowest BCUT2D eigenvalue weighted by molar-refractivity contribution is -0.0294. The fourth-order valence-corrected chi connectivity index (χ4v) is 26.2. The highest BCUT2D eigenvalue weighted by molar-refractivity contribution is 6.83. The summed E-state index contributed by atoms with van der Waals surface area (Å²) in [5.74, 6) is 0.539. The van der Waals surface area contributed by atoms with Gasteiger partial charge in [-0.2, -0.15) is 0 Å². The number of rotatable bonds is 12. The molecule has 2 saturated heterocycles. The Morgan fingerprint density at radius 3 is 1.15 bits per heavy atom. The van der Waals surface area contributed by atoms with Crippen LogP contribution in [0.2, 0.25) is 33.2 Å². The number of likely N-dealkylation sites (tertiary alicyclic amines) is 1. The molecule has 2 aliphatic rings. The summed E-state index contributed by atoms with van der Waals surface area (Å²) in [7, 11) is -3.88. The second-order valence-corrected chi connectivity index (χ2v) is 38.1. The number of hydrogen-bond donors (Lipinski definition) is 1. The van der Waals surface area contributed by atoms with Crippen molar-refractivity contribution in [1.29, 1.82) is 0 Å². The van der Waals surface area contributed by atoms with E-state index in [1.807, 2.05) is 47.0 Å². The largest absolute Gasteiger partial charge is 0.519 e. The standard InChI is InChI=1S/C28H45N3O3Si.C23H37N3OSi.C10H18O5/c1-18(2)35(19(3)4,20(5)6)31-16-13-23-24(21(7)17-29-26(23)31)25(32)22-11-14-30(15-12-22)27(33)34-28(8,9)10;1-15(2)28(16(3)4,17(5)6)26-13-10-20-21(18(7)14-25-23(20)26)22(27)19-8-11-24-12-9-19;1-9(2,3)14-7(11)13-8(12)15-10(4,5)6/h13,16-20,22H,11-12,14-15H2,1-10H3;10,13-17,19,24H,8-9,11-12H2,1-7H3;1-6H3. The number of nitrogens with zero attached hydrogens (tertiary/aromatic N) is 5. The molecule has 436 valence electrons. The van der Waals surface area contributed by atoms with Crippen molar-refractivity contribution in [2.24, 2.45) is 11.8 Å². The van der Waals surface area contributed by atoms with Crippen LogP contribution in [0.5, 0.6) is 0 Å². The number of carbonyl (C=O) groups excluding carboxylic acids is 5. The van der Waals surface area contributed by atoms with E-state index in [1.54, 1.807) is 46.4 Å². The number of ketones is 2. The minimum Gasteiger partial charge on any atom is -0.444 e. The Hall–Kier alpha value is -4.88. The molecule has 0 aliphatic carbocycles. The van der Waals surface area contributed by atoms with Gasteiger partial charge in [-0.15, -0.1) is 0 Å². The maximum Gasteiger partial charge on any atom is 0.519 e. The highest BCUT2D eigenvalue weighted by atomic mass is 28.3. The van der Waals surface area contributed by atoms with Gasteiger partial charge >= 0.3 is 18.4 Å². The Labute approximate surface area is 470 Å². The molecule has 1 amide bonds. The maximum absolute atomic E-state index is 13.8. The SMILES string of the molecule is CC(C)(C)OC(=O)OC(=O)OC(C)(C)C.Cc1cnc2c(ccn2[Si](C(C)C)(C(C)C)C(C)C)c1C(=O)C1CCN(C(=O)OC(C)(C)C)CC1.Cc1cnc2c(ccn2[Si](C(C)C)(C(C)C)C(C)C)c1C(=O)C1CCNCC1. The lowest BCUT2D eigenvalue weighted by Crippen LogP contribution is -2.51. The van der Waals surface area contributed by atoms with E-state index in [0.717, 1.165) is 70.3 Å². The molecule has 0 atom stereocenters. The predicted octanol–water partition coefficient (Wildman–Crippen LogP) is 15.6. The summed E-state index contributed by atoms with van der Waals surface area (Å²) >= 11 is 0. The average Bonchev–Trinajstić information content (AvgIpc) is 3.92. The Morgan fingerprint density at radius 2 is 0.846 bits per heavy atom. The first-order valence-electron chi connectivity index (χ1n) is 28.8. The maximum atomic E-state index is 13.8. The van der Waals surface area contributed by atoms with E-state index in [9.17, 15) is 24.0 Å². The predicted molar refractivity (Wildman–Crippen MR) is 320 cm³/mol. The van der Waals surface area contributed by atoms with Crippen molar-refractivity contribution in [2.75, 3.05) is 26.2 Å². The van der Waals surface area contributed by atoms with Gasteiger partial charge in [0, 0.05) is 59.2 Å². The molecule has 0 spiro atoms. The quantitative estimate of drug-likeness (QED) is 0.0468. The normalized spacial score (nSPS) is 15.5. The van der Waals surface area contributed by atoms with Gasteiger partial charge in [0.25, 0.3) is 0 Å². The third-order valence-corrected chi connectivity index (χ3v) is 29.3. The van der Waals surface area contributed by atoms with Crippen LogP contribution in [0, 0.1) is 25.7 Å². The molecular weight excluding hydrogens is 1020 g/mol. The summed E-state index contributed by atoms with van der Waals surface area (Å²) in [5.41, 5.74) is 7.12. The molecule has 0 bridgehead atoms. The van der Waals surface area contributed by atoms with E-state index in [4.69, 9.17) is 24.2 Å². The summed E-state index contributed by atoms with van der Waals surface area (Å²) in [6.07, 6.45) is 9.02. The molecule has 6 rings (SSSR count). The van der Waals surface area contributed by atoms with Gasteiger partial charge in [0.2, 0.25) is 0 Å². The first-order valence-corrected chi connectivity index (χ1v) is 33.1. The Kier molecular flexibility index (Phi) is 22.0. The van der Waals surface area contributed by atoms with Gasteiger partial charge in [0.1, 0.15) is 28.1 Å². The highest BCUT2D eigenvalue weighted by Gasteiger charge is 2.48. The van der Waals surface area contributed by atoms with Crippen LogP contribution >= 0.6 is 0 Å². The van der Waals surface area contributed by atoms with Crippen LogP contribution in [0.3, 0.4) is 0 Å². The number of carbonyl (C=O) groups is 5. The van der Waals surface area contributed by atoms with E-state index in [-0.39, 0.29) is 23.7 Å². The van der Waals surface area contributed by atoms with Gasteiger partial charge in [-0.3, -0.25) is 9.59 Å². The van der Waals surface area contributed by atoms with E-state index in [2.05, 4.69) is 126 Å². The van der Waals surface area contributed by atoms with Gasteiger partial charge in [-0.1, -0.05) is 83.1 Å². The van der Waals surface area contributed by atoms with E-state index in [0.29, 0.717) is 65.0 Å². The molecule has 0 radical (unpaired) electrons. The lowest BCUT2D eigenvalue weighted by Gasteiger charge is -2.44. The molecule has 1 N–H and O–H groups in total. The molecule has 0 unspecified atom stereocenters. The van der Waals surface area contributed by atoms with Crippen LogP contribution in [-0.4, -0.2) is 113 Å². The number of hydrogen-bond acceptors (Lipinski definition) is 12. The van der Waals surface area contributed by atoms with Crippen molar-refractivity contribution < 1.29 is 42.9 Å². The highest BCUT2D eigenvalue weighted by Crippen LogP contribution is 2.46. The fourth-order valence-electron chi connectivity index (χ4n) is 13.1. The van der Waals surface area contributed by atoms with Crippen LogP contribution < -0.4 is 5.32 Å². The van der Waals surface area contributed by atoms with Crippen molar-refractivity contribution in [3.63, 3.8) is 0 Å². The second-order valence-electron chi connectivity index (χ2n) is 26.7. The number of pyridine rings is 2. The van der Waals surface area contributed by atoms with E-state index < -0.39 is 45.6 Å². The summed E-state index contributed by atoms with van der Waals surface area (Å²) in [4.78, 5) is 73.3. The Bertz CT molecular complexity index is 2630. The smallest absolute Gasteiger partial charge is 0.444 e. The van der Waals surface area contributed by atoms with Gasteiger partial charge in [-0.25, -0.2) is 24.4 Å². The molecular formula is C61H100N6O9Si2. The van der Waals surface area contributed by atoms with Crippen LogP contribution in [-0.2, 0) is 18.9 Å². The van der Waals surface area contributed by atoms with Gasteiger partial charge in [0.05, 0.1) is 0 Å². The molecule has 6 heterocycles. The molecule has 2 aliphatic heterocycles. The summed E-state index contributed by atoms with van der Waals surface area (Å²) in [6.45, 7) is 50.9. The van der Waals surface area contributed by atoms with Crippen molar-refractivity contribution >= 4 is 68.5 Å². The first-order chi connectivity index (χ1) is 35.9. The number of fused-ring (bicyclic) bond motifs is 2. The van der Waals surface area contributed by atoms with Crippen molar-refractivity contribution in [2.45, 2.75) is 235 Å². The minimum atomic E-state index is -1.99. The third kappa shape index (κ3) is 15.1. The average molecular weight is 1120 g/mol. The number of piperidine rings is 2. The molecule has 0 aromatic carbocycles. The number of amides is 1. The van der Waals surface area contributed by atoms with E-state index >= 15 is 0 Å². The number of aryl methyl sites for hydroxylation is 2. The summed E-state index contributed by atoms with van der Waals surface area (Å²) in [6, 6.07) is 4.28. The summed E-state index contributed by atoms with van der Waals surface area (Å²) in [5, 5.41) is 5.40. The first kappa shape index (κ1) is 65.6. The van der Waals surface area contributed by atoms with Gasteiger partial charge < -0.3 is 37.6 Å². The van der Waals surface area contributed by atoms with Crippen LogP contribution in [0.25, 0.3) is 22.1 Å². The zero-order valence-electron chi connectivity index (χ0n) is 52.2. The van der Waals surface area contributed by atoms with E-state index in [1.165, 1.54) is 0 Å². The summed E-state index contributed by atoms with van der Waals surface area (Å²) < 4.78 is 24.3. The minimum absolute atomic E-state index is 0.0939. The van der Waals surface area contributed by atoms with Crippen molar-refractivity contribution in [3.8, 4) is 0 Å². The monoisotopic (exact) mass is 1120 g/mol. The van der Waals surface area contributed by atoms with Crippen molar-refractivity contribution in [3.05, 3.63) is 59.2 Å². The number of aromatic nitrogens is 4. The Balaban J connectivity index is 0.000000273. The lowest BCUT2D eigenvalue weighted by atomic mass is 9.87. The topological polar surface area (TPSA) is 173 Å². The van der Waals surface area contributed by atoms with Gasteiger partial charge in [0.15, 0.2) is 28.0 Å². The van der Waals surface area contributed by atoms with Crippen molar-refractivity contribution in [1.82, 2.24) is 28.6 Å². The molecule has 17 heteroatoms. The molecule has 78 heavy (non-hydrogen) atoms. The fraction of sp³-hybridized carbons (Fsp3) is 0.689. The number of ether oxygens (including phenoxy) is 4. The van der Waals surface area contributed by atoms with Crippen LogP contribution in [0.4, 0.5) is 14.4 Å². The zero-order valence-corrected chi connectivity index (χ0v) is 54.2. The van der Waals surface area contributed by atoms with Gasteiger partial charge in [-0.05, 0) is 184 Å². The molecule has 2 fully saturated rings. The zero-order chi connectivity index (χ0) is 59.2. The third-order valence-electron chi connectivity index (χ3n) is 15.9. The molecule has 4 aromatic rings. The van der Waals surface area contributed by atoms with Crippen LogP contribution in [0.1, 0.15) is 203 Å². The Morgan fingerprint density at radius 1 is 0.526 bits per heavy atom. The molecule has 15 nitrogen and oxygen atoms in total. The van der Waals surface area contributed by atoms with Crippen LogP contribution in [0.15, 0.2) is 36.9 Å². The molecule has 0 saturated carbocycles. The number of nitrogens with one attached hydrogen (secondary N) is 1. The second kappa shape index (κ2) is 26.1.